The molecule has 0 saturated carbocycles. The van der Waals surface area contributed by atoms with Crippen molar-refractivity contribution < 1.29 is 9.90 Å². The predicted molar refractivity (Wildman–Crippen MR) is 103 cm³/mol. The van der Waals surface area contributed by atoms with Crippen LogP contribution in [0.1, 0.15) is 53.6 Å². The van der Waals surface area contributed by atoms with Gasteiger partial charge in [0.05, 0.1) is 0 Å². The minimum Gasteiger partial charge on any atom is -0.396 e. The van der Waals surface area contributed by atoms with Crippen molar-refractivity contribution in [3.8, 4) is 0 Å². The van der Waals surface area contributed by atoms with Crippen molar-refractivity contribution in [3.63, 3.8) is 0 Å². The molecule has 0 aromatic heterocycles. The maximum atomic E-state index is 13.0. The fourth-order valence-electron chi connectivity index (χ4n) is 5.06. The van der Waals surface area contributed by atoms with Crippen LogP contribution >= 0.6 is 0 Å². The summed E-state index contributed by atoms with van der Waals surface area (Å²) in [6.45, 7) is 5.05. The molecule has 3 aliphatic rings. The number of likely N-dealkylation sites (tertiary alicyclic amines) is 2. The minimum atomic E-state index is 0.150. The van der Waals surface area contributed by atoms with Gasteiger partial charge in [-0.1, -0.05) is 18.9 Å². The summed E-state index contributed by atoms with van der Waals surface area (Å²) in [6, 6.07) is 6.26. The number of benzene rings is 1. The SMILES string of the molecule is O=C(c1ccc2c(c1)CCC2)N1C[C@@H](CN2CCCCCC2)[C@@H](CO)C1. The van der Waals surface area contributed by atoms with Gasteiger partial charge in [0.1, 0.15) is 0 Å². The number of nitrogens with zero attached hydrogens (tertiary/aromatic N) is 2. The monoisotopic (exact) mass is 356 g/mol. The largest absolute Gasteiger partial charge is 0.396 e. The summed E-state index contributed by atoms with van der Waals surface area (Å²) in [5, 5.41) is 9.86. The lowest BCUT2D eigenvalue weighted by Crippen LogP contribution is -2.35. The van der Waals surface area contributed by atoms with Gasteiger partial charge < -0.3 is 14.9 Å². The van der Waals surface area contributed by atoms with E-state index >= 15 is 0 Å². The summed E-state index contributed by atoms with van der Waals surface area (Å²) in [5.41, 5.74) is 3.60. The Balaban J connectivity index is 1.42. The summed E-state index contributed by atoms with van der Waals surface area (Å²) in [5.74, 6) is 0.768. The van der Waals surface area contributed by atoms with Crippen molar-refractivity contribution in [3.05, 3.63) is 34.9 Å². The highest BCUT2D eigenvalue weighted by molar-refractivity contribution is 5.94. The van der Waals surface area contributed by atoms with Gasteiger partial charge in [0, 0.05) is 37.7 Å². The van der Waals surface area contributed by atoms with Crippen LogP contribution in [0.5, 0.6) is 0 Å². The van der Waals surface area contributed by atoms with Crippen molar-refractivity contribution in [2.24, 2.45) is 11.8 Å². The Kier molecular flexibility index (Phi) is 5.60. The Bertz CT molecular complexity index is 637. The van der Waals surface area contributed by atoms with Gasteiger partial charge in [0.2, 0.25) is 0 Å². The number of aliphatic hydroxyl groups excluding tert-OH is 1. The second-order valence-electron chi connectivity index (χ2n) is 8.46. The number of amides is 1. The van der Waals surface area contributed by atoms with Crippen LogP contribution < -0.4 is 0 Å². The third-order valence-corrected chi connectivity index (χ3v) is 6.64. The number of fused-ring (bicyclic) bond motifs is 1. The molecule has 4 heteroatoms. The number of hydrogen-bond acceptors (Lipinski definition) is 3. The zero-order valence-corrected chi connectivity index (χ0v) is 15.8. The lowest BCUT2D eigenvalue weighted by molar-refractivity contribution is 0.0779. The molecule has 1 amide bonds. The highest BCUT2D eigenvalue weighted by atomic mass is 16.3. The average molecular weight is 357 g/mol. The summed E-state index contributed by atoms with van der Waals surface area (Å²) in [6.07, 6.45) is 8.72. The molecule has 0 bridgehead atoms. The third-order valence-electron chi connectivity index (χ3n) is 6.64. The molecule has 2 aliphatic heterocycles. The van der Waals surface area contributed by atoms with E-state index in [2.05, 4.69) is 17.0 Å². The molecule has 1 aliphatic carbocycles. The Hall–Kier alpha value is -1.39. The first kappa shape index (κ1) is 18.0. The molecule has 4 rings (SSSR count). The second kappa shape index (κ2) is 8.10. The van der Waals surface area contributed by atoms with E-state index in [1.807, 2.05) is 11.0 Å². The molecule has 26 heavy (non-hydrogen) atoms. The Morgan fingerprint density at radius 2 is 1.69 bits per heavy atom. The molecule has 2 saturated heterocycles. The van der Waals surface area contributed by atoms with Crippen LogP contribution in [0.4, 0.5) is 0 Å². The fourth-order valence-corrected chi connectivity index (χ4v) is 5.06. The minimum absolute atomic E-state index is 0.150. The molecular formula is C22H32N2O2. The first-order valence-electron chi connectivity index (χ1n) is 10.5. The van der Waals surface area contributed by atoms with Gasteiger partial charge in [0.15, 0.2) is 0 Å². The molecule has 2 fully saturated rings. The van der Waals surface area contributed by atoms with Crippen LogP contribution in [0.2, 0.25) is 0 Å². The van der Waals surface area contributed by atoms with E-state index in [-0.39, 0.29) is 18.4 Å². The lowest BCUT2D eigenvalue weighted by atomic mass is 9.96. The molecule has 4 nitrogen and oxygen atoms in total. The summed E-state index contributed by atoms with van der Waals surface area (Å²) < 4.78 is 0. The van der Waals surface area contributed by atoms with Crippen molar-refractivity contribution in [2.45, 2.75) is 44.9 Å². The highest BCUT2D eigenvalue weighted by Crippen LogP contribution is 2.28. The second-order valence-corrected chi connectivity index (χ2v) is 8.46. The normalized spacial score (nSPS) is 26.7. The zero-order valence-electron chi connectivity index (χ0n) is 15.8. The molecule has 2 heterocycles. The average Bonchev–Trinajstić information content (AvgIpc) is 3.21. The first-order chi connectivity index (χ1) is 12.7. The van der Waals surface area contributed by atoms with Gasteiger partial charge in [-0.15, -0.1) is 0 Å². The Morgan fingerprint density at radius 3 is 2.46 bits per heavy atom. The first-order valence-corrected chi connectivity index (χ1v) is 10.5. The van der Waals surface area contributed by atoms with Gasteiger partial charge in [-0.2, -0.15) is 0 Å². The van der Waals surface area contributed by atoms with E-state index in [4.69, 9.17) is 0 Å². The van der Waals surface area contributed by atoms with Gasteiger partial charge in [-0.05, 0) is 74.4 Å². The molecule has 1 aromatic carbocycles. The Labute approximate surface area is 157 Å². The third kappa shape index (κ3) is 3.81. The topological polar surface area (TPSA) is 43.8 Å². The predicted octanol–water partition coefficient (Wildman–Crippen LogP) is 2.73. The van der Waals surface area contributed by atoms with E-state index < -0.39 is 0 Å². The maximum absolute atomic E-state index is 13.0. The summed E-state index contributed by atoms with van der Waals surface area (Å²) in [7, 11) is 0. The fraction of sp³-hybridized carbons (Fsp3) is 0.682. The quantitative estimate of drug-likeness (QED) is 0.902. The smallest absolute Gasteiger partial charge is 0.253 e. The lowest BCUT2D eigenvalue weighted by Gasteiger charge is -2.26. The number of aryl methyl sites for hydroxylation is 2. The standard InChI is InChI=1S/C22H32N2O2/c25-16-21-15-24(14-20(21)13-23-10-3-1-2-4-11-23)22(26)19-9-8-17-6-5-7-18(17)12-19/h8-9,12,20-21,25H,1-7,10-11,13-16H2/t20-,21-/m1/s1. The molecule has 0 spiro atoms. The molecule has 1 aromatic rings. The molecule has 0 unspecified atom stereocenters. The number of aliphatic hydroxyl groups is 1. The highest BCUT2D eigenvalue weighted by Gasteiger charge is 2.36. The number of rotatable bonds is 4. The van der Waals surface area contributed by atoms with Gasteiger partial charge in [-0.25, -0.2) is 0 Å². The van der Waals surface area contributed by atoms with E-state index in [0.29, 0.717) is 12.5 Å². The maximum Gasteiger partial charge on any atom is 0.253 e. The van der Waals surface area contributed by atoms with E-state index in [1.165, 1.54) is 56.3 Å². The van der Waals surface area contributed by atoms with E-state index in [0.717, 1.165) is 31.5 Å². The molecular weight excluding hydrogens is 324 g/mol. The van der Waals surface area contributed by atoms with Crippen LogP contribution in [0, 0.1) is 11.8 Å². The molecule has 1 N–H and O–H groups in total. The van der Waals surface area contributed by atoms with E-state index in [1.54, 1.807) is 0 Å². The molecule has 142 valence electrons. The number of hydrogen-bond donors (Lipinski definition) is 1. The summed E-state index contributed by atoms with van der Waals surface area (Å²) in [4.78, 5) is 17.6. The summed E-state index contributed by atoms with van der Waals surface area (Å²) >= 11 is 0. The van der Waals surface area contributed by atoms with Crippen molar-refractivity contribution >= 4 is 5.91 Å². The van der Waals surface area contributed by atoms with Crippen LogP contribution in [-0.4, -0.2) is 60.1 Å². The van der Waals surface area contributed by atoms with Crippen LogP contribution in [0.3, 0.4) is 0 Å². The van der Waals surface area contributed by atoms with Crippen molar-refractivity contribution in [1.29, 1.82) is 0 Å². The van der Waals surface area contributed by atoms with Crippen molar-refractivity contribution in [2.75, 3.05) is 39.3 Å². The number of carbonyl (C=O) groups excluding carboxylic acids is 1. The zero-order chi connectivity index (χ0) is 17.9. The van der Waals surface area contributed by atoms with Gasteiger partial charge in [0.25, 0.3) is 5.91 Å². The number of carbonyl (C=O) groups is 1. The van der Waals surface area contributed by atoms with Crippen molar-refractivity contribution in [1.82, 2.24) is 9.80 Å². The van der Waals surface area contributed by atoms with Crippen LogP contribution in [-0.2, 0) is 12.8 Å². The van der Waals surface area contributed by atoms with Crippen LogP contribution in [0.25, 0.3) is 0 Å². The Morgan fingerprint density at radius 1 is 0.962 bits per heavy atom. The van der Waals surface area contributed by atoms with E-state index in [9.17, 15) is 9.90 Å². The van der Waals surface area contributed by atoms with Gasteiger partial charge >= 0.3 is 0 Å². The molecule has 2 atom stereocenters. The van der Waals surface area contributed by atoms with Gasteiger partial charge in [-0.3, -0.25) is 4.79 Å². The molecule has 0 radical (unpaired) electrons. The van der Waals surface area contributed by atoms with Crippen LogP contribution in [0.15, 0.2) is 18.2 Å².